The van der Waals surface area contributed by atoms with Gasteiger partial charge in [0.1, 0.15) is 0 Å². The first-order valence-corrected chi connectivity index (χ1v) is 7.64. The molecule has 2 aromatic heterocycles. The number of hydrogen-bond donors (Lipinski definition) is 2. The number of piperidine rings is 1. The predicted octanol–water partition coefficient (Wildman–Crippen LogP) is 1.50. The Balaban J connectivity index is 0.00000192. The number of amides is 1. The number of carbonyl (C=O) groups excluding carboxylic acids is 1. The second kappa shape index (κ2) is 7.77. The fourth-order valence-corrected chi connectivity index (χ4v) is 3.11. The highest BCUT2D eigenvalue weighted by molar-refractivity contribution is 6.00. The molecule has 6 nitrogen and oxygen atoms in total. The van der Waals surface area contributed by atoms with Crippen molar-refractivity contribution in [2.75, 3.05) is 33.4 Å². The predicted molar refractivity (Wildman–Crippen MR) is 91.2 cm³/mol. The van der Waals surface area contributed by atoms with Crippen molar-refractivity contribution in [2.45, 2.75) is 12.8 Å². The average Bonchev–Trinajstić information content (AvgIpc) is 2.98. The van der Waals surface area contributed by atoms with Crippen molar-refractivity contribution in [3.63, 3.8) is 0 Å². The summed E-state index contributed by atoms with van der Waals surface area (Å²) in [5.41, 5.74) is 1.46. The second-order valence-electron chi connectivity index (χ2n) is 5.95. The SMILES string of the molecule is COCC1(CNC(=O)c2cnn3ccccc23)CCNCC1.Cl. The van der Waals surface area contributed by atoms with Crippen LogP contribution in [0.1, 0.15) is 23.2 Å². The van der Waals surface area contributed by atoms with Gasteiger partial charge in [-0.05, 0) is 38.1 Å². The van der Waals surface area contributed by atoms with E-state index in [2.05, 4.69) is 15.7 Å². The maximum Gasteiger partial charge on any atom is 0.255 e. The van der Waals surface area contributed by atoms with Crippen molar-refractivity contribution in [1.29, 1.82) is 0 Å². The lowest BCUT2D eigenvalue weighted by molar-refractivity contribution is 0.0512. The first-order chi connectivity index (χ1) is 10.7. The van der Waals surface area contributed by atoms with Crippen molar-refractivity contribution in [1.82, 2.24) is 20.2 Å². The van der Waals surface area contributed by atoms with E-state index in [0.29, 0.717) is 18.7 Å². The summed E-state index contributed by atoms with van der Waals surface area (Å²) in [6.45, 7) is 3.24. The van der Waals surface area contributed by atoms with Crippen LogP contribution in [0, 0.1) is 5.41 Å². The van der Waals surface area contributed by atoms with E-state index >= 15 is 0 Å². The minimum Gasteiger partial charge on any atom is -0.384 e. The van der Waals surface area contributed by atoms with E-state index in [9.17, 15) is 4.79 Å². The normalized spacial score (nSPS) is 16.7. The molecule has 23 heavy (non-hydrogen) atoms. The standard InChI is InChI=1S/C16H22N4O2.ClH/c1-22-12-16(5-7-17-8-6-16)11-18-15(21)13-10-19-20-9-3-2-4-14(13)20;/h2-4,9-10,17H,5-8,11-12H2,1H3,(H,18,21);1H. The quantitative estimate of drug-likeness (QED) is 0.867. The third-order valence-corrected chi connectivity index (χ3v) is 4.41. The Labute approximate surface area is 142 Å². The summed E-state index contributed by atoms with van der Waals surface area (Å²) in [7, 11) is 1.72. The lowest BCUT2D eigenvalue weighted by atomic mass is 9.79. The molecule has 0 unspecified atom stereocenters. The van der Waals surface area contributed by atoms with E-state index < -0.39 is 0 Å². The van der Waals surface area contributed by atoms with Gasteiger partial charge in [-0.25, -0.2) is 4.52 Å². The zero-order valence-corrected chi connectivity index (χ0v) is 14.1. The molecule has 2 aromatic rings. The molecule has 1 amide bonds. The monoisotopic (exact) mass is 338 g/mol. The first-order valence-electron chi connectivity index (χ1n) is 7.64. The van der Waals surface area contributed by atoms with Crippen molar-refractivity contribution < 1.29 is 9.53 Å². The van der Waals surface area contributed by atoms with Crippen LogP contribution in [-0.4, -0.2) is 48.9 Å². The van der Waals surface area contributed by atoms with Gasteiger partial charge in [-0.2, -0.15) is 5.10 Å². The molecule has 0 aromatic carbocycles. The van der Waals surface area contributed by atoms with Crippen molar-refractivity contribution in [2.24, 2.45) is 5.41 Å². The first kappa shape index (κ1) is 17.7. The van der Waals surface area contributed by atoms with Crippen LogP contribution in [-0.2, 0) is 4.74 Å². The lowest BCUT2D eigenvalue weighted by Crippen LogP contribution is -2.47. The van der Waals surface area contributed by atoms with Gasteiger partial charge in [-0.3, -0.25) is 4.79 Å². The van der Waals surface area contributed by atoms with Gasteiger partial charge >= 0.3 is 0 Å². The summed E-state index contributed by atoms with van der Waals surface area (Å²) in [6, 6.07) is 5.70. The largest absolute Gasteiger partial charge is 0.384 e. The maximum atomic E-state index is 12.5. The maximum absolute atomic E-state index is 12.5. The van der Waals surface area contributed by atoms with Crippen LogP contribution in [0.15, 0.2) is 30.6 Å². The molecule has 0 radical (unpaired) electrons. The summed E-state index contributed by atoms with van der Waals surface area (Å²) < 4.78 is 7.10. The smallest absolute Gasteiger partial charge is 0.255 e. The summed E-state index contributed by atoms with van der Waals surface area (Å²) in [5, 5.41) is 10.6. The van der Waals surface area contributed by atoms with Crippen LogP contribution in [0.2, 0.25) is 0 Å². The van der Waals surface area contributed by atoms with Gasteiger partial charge in [-0.15, -0.1) is 12.4 Å². The fraction of sp³-hybridized carbons (Fsp3) is 0.500. The van der Waals surface area contributed by atoms with Gasteiger partial charge < -0.3 is 15.4 Å². The van der Waals surface area contributed by atoms with E-state index in [1.807, 2.05) is 24.4 Å². The van der Waals surface area contributed by atoms with Crippen molar-refractivity contribution in [3.05, 3.63) is 36.2 Å². The van der Waals surface area contributed by atoms with Crippen LogP contribution in [0.3, 0.4) is 0 Å². The Kier molecular flexibility index (Phi) is 5.98. The van der Waals surface area contributed by atoms with E-state index in [1.165, 1.54) is 0 Å². The number of methoxy groups -OCH3 is 1. The van der Waals surface area contributed by atoms with Gasteiger partial charge in [-0.1, -0.05) is 6.07 Å². The number of ether oxygens (including phenoxy) is 1. The highest BCUT2D eigenvalue weighted by atomic mass is 35.5. The Bertz CT molecular complexity index is 647. The molecule has 1 saturated heterocycles. The molecular weight excluding hydrogens is 316 g/mol. The third kappa shape index (κ3) is 3.83. The Morgan fingerprint density at radius 2 is 2.22 bits per heavy atom. The molecular formula is C16H23ClN4O2. The van der Waals surface area contributed by atoms with E-state index in [0.717, 1.165) is 31.4 Å². The van der Waals surface area contributed by atoms with Crippen LogP contribution in [0.5, 0.6) is 0 Å². The molecule has 1 aliphatic heterocycles. The minimum atomic E-state index is -0.0739. The summed E-state index contributed by atoms with van der Waals surface area (Å²) in [5.74, 6) is -0.0739. The minimum absolute atomic E-state index is 0. The zero-order chi connectivity index (χ0) is 15.4. The number of rotatable bonds is 5. The number of aromatic nitrogens is 2. The molecule has 7 heteroatoms. The van der Waals surface area contributed by atoms with Crippen molar-refractivity contribution in [3.8, 4) is 0 Å². The molecule has 0 spiro atoms. The Hall–Kier alpha value is -1.63. The molecule has 0 saturated carbocycles. The fourth-order valence-electron chi connectivity index (χ4n) is 3.11. The van der Waals surface area contributed by atoms with Crippen molar-refractivity contribution >= 4 is 23.8 Å². The summed E-state index contributed by atoms with van der Waals surface area (Å²) in [6.07, 6.45) is 5.48. The Morgan fingerprint density at radius 1 is 1.43 bits per heavy atom. The van der Waals surface area contributed by atoms with Gasteiger partial charge in [0, 0.05) is 25.3 Å². The zero-order valence-electron chi connectivity index (χ0n) is 13.2. The van der Waals surface area contributed by atoms with Crippen LogP contribution < -0.4 is 10.6 Å². The molecule has 3 heterocycles. The van der Waals surface area contributed by atoms with E-state index in [-0.39, 0.29) is 23.7 Å². The van der Waals surface area contributed by atoms with E-state index in [1.54, 1.807) is 17.8 Å². The third-order valence-electron chi connectivity index (χ3n) is 4.41. The van der Waals surface area contributed by atoms with Crippen LogP contribution >= 0.6 is 12.4 Å². The molecule has 2 N–H and O–H groups in total. The van der Waals surface area contributed by atoms with E-state index in [4.69, 9.17) is 4.74 Å². The number of nitrogens with zero attached hydrogens (tertiary/aromatic N) is 2. The molecule has 3 rings (SSSR count). The number of nitrogens with one attached hydrogen (secondary N) is 2. The lowest BCUT2D eigenvalue weighted by Gasteiger charge is -2.37. The summed E-state index contributed by atoms with van der Waals surface area (Å²) in [4.78, 5) is 12.5. The molecule has 1 fully saturated rings. The van der Waals surface area contributed by atoms with Gasteiger partial charge in [0.2, 0.25) is 0 Å². The average molecular weight is 339 g/mol. The molecule has 0 bridgehead atoms. The second-order valence-corrected chi connectivity index (χ2v) is 5.95. The molecule has 1 aliphatic rings. The topological polar surface area (TPSA) is 67.7 Å². The van der Waals surface area contributed by atoms with Gasteiger partial charge in [0.15, 0.2) is 0 Å². The highest BCUT2D eigenvalue weighted by Gasteiger charge is 2.32. The number of pyridine rings is 1. The van der Waals surface area contributed by atoms with Gasteiger partial charge in [0.05, 0.1) is 23.9 Å². The van der Waals surface area contributed by atoms with Gasteiger partial charge in [0.25, 0.3) is 5.91 Å². The van der Waals surface area contributed by atoms with Crippen LogP contribution in [0.25, 0.3) is 5.52 Å². The number of fused-ring (bicyclic) bond motifs is 1. The molecule has 0 atom stereocenters. The number of halogens is 1. The summed E-state index contributed by atoms with van der Waals surface area (Å²) >= 11 is 0. The Morgan fingerprint density at radius 3 is 2.96 bits per heavy atom. The number of hydrogen-bond acceptors (Lipinski definition) is 4. The highest BCUT2D eigenvalue weighted by Crippen LogP contribution is 2.28. The molecule has 0 aliphatic carbocycles. The van der Waals surface area contributed by atoms with Crippen LogP contribution in [0.4, 0.5) is 0 Å². The molecule has 126 valence electrons. The number of carbonyl (C=O) groups is 1.